The lowest BCUT2D eigenvalue weighted by molar-refractivity contribution is 0.258. The predicted octanol–water partition coefficient (Wildman–Crippen LogP) is 3.04. The molecule has 2 nitrogen and oxygen atoms in total. The lowest BCUT2D eigenvalue weighted by Gasteiger charge is -2.21. The summed E-state index contributed by atoms with van der Waals surface area (Å²) < 4.78 is 1.31. The molecule has 1 fully saturated rings. The molecule has 18 heavy (non-hydrogen) atoms. The Kier molecular flexibility index (Phi) is 6.21. The quantitative estimate of drug-likeness (QED) is 0.587. The van der Waals surface area contributed by atoms with E-state index in [1.807, 2.05) is 0 Å². The Bertz CT molecular complexity index is 355. The highest BCUT2D eigenvalue weighted by Crippen LogP contribution is 2.11. The Hall–Kier alpha value is 0.160. The van der Waals surface area contributed by atoms with Crippen LogP contribution in [-0.2, 0) is 6.54 Å². The van der Waals surface area contributed by atoms with E-state index in [4.69, 9.17) is 11.6 Å². The van der Waals surface area contributed by atoms with Crippen LogP contribution in [0.3, 0.4) is 0 Å². The number of halogens is 2. The fourth-order valence-electron chi connectivity index (χ4n) is 2.37. The summed E-state index contributed by atoms with van der Waals surface area (Å²) in [6.07, 6.45) is 1.25. The molecule has 1 aliphatic rings. The highest BCUT2D eigenvalue weighted by molar-refractivity contribution is 14.1. The van der Waals surface area contributed by atoms with Gasteiger partial charge in [-0.3, -0.25) is 4.90 Å². The molecule has 1 aromatic rings. The Morgan fingerprint density at radius 3 is 2.39 bits per heavy atom. The second-order valence-electron chi connectivity index (χ2n) is 4.79. The van der Waals surface area contributed by atoms with Crippen molar-refractivity contribution >= 4 is 34.2 Å². The molecule has 0 N–H and O–H groups in total. The molecule has 4 heteroatoms. The predicted molar refractivity (Wildman–Crippen MR) is 86.2 cm³/mol. The molecule has 0 saturated carbocycles. The maximum Gasteiger partial charge on any atom is 0.0351 e. The fourth-order valence-corrected chi connectivity index (χ4v) is 2.97. The van der Waals surface area contributed by atoms with Gasteiger partial charge in [-0.15, -0.1) is 11.6 Å². The van der Waals surface area contributed by atoms with Gasteiger partial charge in [0.25, 0.3) is 0 Å². The topological polar surface area (TPSA) is 6.48 Å². The van der Waals surface area contributed by atoms with Crippen LogP contribution in [0, 0.1) is 3.57 Å². The number of rotatable bonds is 4. The molecular formula is C14H20ClIN2. The van der Waals surface area contributed by atoms with Gasteiger partial charge in [0.05, 0.1) is 0 Å². The van der Waals surface area contributed by atoms with Crippen molar-refractivity contribution in [2.24, 2.45) is 0 Å². The van der Waals surface area contributed by atoms with Gasteiger partial charge >= 0.3 is 0 Å². The van der Waals surface area contributed by atoms with Crippen molar-refractivity contribution < 1.29 is 0 Å². The van der Waals surface area contributed by atoms with E-state index in [0.717, 1.165) is 32.1 Å². The molecule has 100 valence electrons. The van der Waals surface area contributed by atoms with Crippen molar-refractivity contribution in [3.63, 3.8) is 0 Å². The summed E-state index contributed by atoms with van der Waals surface area (Å²) in [5.74, 6) is 0.747. The number of alkyl halides is 1. The Morgan fingerprint density at radius 1 is 1.00 bits per heavy atom. The van der Waals surface area contributed by atoms with E-state index >= 15 is 0 Å². The van der Waals surface area contributed by atoms with Crippen LogP contribution in [0.25, 0.3) is 0 Å². The molecule has 0 radical (unpaired) electrons. The van der Waals surface area contributed by atoms with Gasteiger partial charge in [0.2, 0.25) is 0 Å². The number of benzene rings is 1. The molecule has 1 heterocycles. The van der Waals surface area contributed by atoms with Crippen molar-refractivity contribution in [3.8, 4) is 0 Å². The number of nitrogens with zero attached hydrogens (tertiary/aromatic N) is 2. The zero-order valence-electron chi connectivity index (χ0n) is 10.6. The van der Waals surface area contributed by atoms with Crippen LogP contribution in [0.2, 0.25) is 0 Å². The van der Waals surface area contributed by atoms with E-state index < -0.39 is 0 Å². The van der Waals surface area contributed by atoms with Crippen molar-refractivity contribution in [2.45, 2.75) is 13.0 Å². The minimum Gasteiger partial charge on any atom is -0.301 e. The highest BCUT2D eigenvalue weighted by Gasteiger charge is 2.14. The standard InChI is InChI=1S/C14H20ClIN2/c15-6-9-17-7-1-8-18(11-10-17)12-13-2-4-14(16)5-3-13/h2-5H,1,6-12H2. The summed E-state index contributed by atoms with van der Waals surface area (Å²) in [5, 5.41) is 0. The van der Waals surface area contributed by atoms with Crippen LogP contribution in [0.1, 0.15) is 12.0 Å². The van der Waals surface area contributed by atoms with Crippen molar-refractivity contribution in [1.29, 1.82) is 0 Å². The summed E-state index contributed by atoms with van der Waals surface area (Å²) in [7, 11) is 0. The second-order valence-corrected chi connectivity index (χ2v) is 6.41. The maximum atomic E-state index is 5.81. The van der Waals surface area contributed by atoms with E-state index in [0.29, 0.717) is 0 Å². The Labute approximate surface area is 128 Å². The van der Waals surface area contributed by atoms with E-state index in [1.54, 1.807) is 0 Å². The third-order valence-electron chi connectivity index (χ3n) is 3.40. The number of hydrogen-bond acceptors (Lipinski definition) is 2. The highest BCUT2D eigenvalue weighted by atomic mass is 127. The van der Waals surface area contributed by atoms with Gasteiger partial charge in [0.1, 0.15) is 0 Å². The van der Waals surface area contributed by atoms with Crippen LogP contribution in [0.15, 0.2) is 24.3 Å². The smallest absolute Gasteiger partial charge is 0.0351 e. The van der Waals surface area contributed by atoms with Gasteiger partial charge in [0.15, 0.2) is 0 Å². The maximum absolute atomic E-state index is 5.81. The summed E-state index contributed by atoms with van der Waals surface area (Å²) in [4.78, 5) is 5.03. The zero-order chi connectivity index (χ0) is 12.8. The minimum absolute atomic E-state index is 0.747. The van der Waals surface area contributed by atoms with Crippen LogP contribution in [0.4, 0.5) is 0 Å². The van der Waals surface area contributed by atoms with Crippen LogP contribution in [0.5, 0.6) is 0 Å². The second kappa shape index (κ2) is 7.68. The Balaban J connectivity index is 1.84. The largest absolute Gasteiger partial charge is 0.301 e. The lowest BCUT2D eigenvalue weighted by atomic mass is 10.2. The van der Waals surface area contributed by atoms with E-state index in [1.165, 1.54) is 28.6 Å². The first-order valence-corrected chi connectivity index (χ1v) is 8.14. The zero-order valence-corrected chi connectivity index (χ0v) is 13.5. The van der Waals surface area contributed by atoms with Gasteiger partial charge in [0, 0.05) is 35.6 Å². The average Bonchev–Trinajstić information content (AvgIpc) is 2.59. The molecule has 0 spiro atoms. The van der Waals surface area contributed by atoms with Gasteiger partial charge in [-0.05, 0) is 59.8 Å². The molecular weight excluding hydrogens is 359 g/mol. The SMILES string of the molecule is ClCCN1CCCN(Cc2ccc(I)cc2)CC1. The lowest BCUT2D eigenvalue weighted by Crippen LogP contribution is -2.31. The normalized spacial score (nSPS) is 18.8. The third kappa shape index (κ3) is 4.68. The molecule has 0 atom stereocenters. The molecule has 0 unspecified atom stereocenters. The van der Waals surface area contributed by atoms with Crippen LogP contribution < -0.4 is 0 Å². The first-order valence-electron chi connectivity index (χ1n) is 6.53. The van der Waals surface area contributed by atoms with Gasteiger partial charge in [-0.25, -0.2) is 0 Å². The first-order chi connectivity index (χ1) is 8.78. The van der Waals surface area contributed by atoms with E-state index in [9.17, 15) is 0 Å². The summed E-state index contributed by atoms with van der Waals surface area (Å²) in [5.41, 5.74) is 1.42. The van der Waals surface area contributed by atoms with Gasteiger partial charge in [-0.2, -0.15) is 0 Å². The first kappa shape index (κ1) is 14.6. The minimum atomic E-state index is 0.747. The van der Waals surface area contributed by atoms with Crippen molar-refractivity contribution in [1.82, 2.24) is 9.80 Å². The fraction of sp³-hybridized carbons (Fsp3) is 0.571. The van der Waals surface area contributed by atoms with E-state index in [-0.39, 0.29) is 0 Å². The molecule has 2 rings (SSSR count). The summed E-state index contributed by atoms with van der Waals surface area (Å²) >= 11 is 8.17. The molecule has 1 saturated heterocycles. The summed E-state index contributed by atoms with van der Waals surface area (Å²) in [6.45, 7) is 6.80. The van der Waals surface area contributed by atoms with E-state index in [2.05, 4.69) is 56.7 Å². The Morgan fingerprint density at radius 2 is 1.67 bits per heavy atom. The van der Waals surface area contributed by atoms with Crippen molar-refractivity contribution in [2.75, 3.05) is 38.6 Å². The molecule has 0 amide bonds. The third-order valence-corrected chi connectivity index (χ3v) is 4.29. The monoisotopic (exact) mass is 378 g/mol. The van der Waals surface area contributed by atoms with Gasteiger partial charge in [-0.1, -0.05) is 12.1 Å². The molecule has 0 bridgehead atoms. The molecule has 0 aromatic heterocycles. The number of hydrogen-bond donors (Lipinski definition) is 0. The molecule has 0 aliphatic carbocycles. The van der Waals surface area contributed by atoms with Crippen molar-refractivity contribution in [3.05, 3.63) is 33.4 Å². The average molecular weight is 379 g/mol. The molecule has 1 aliphatic heterocycles. The summed E-state index contributed by atoms with van der Waals surface area (Å²) in [6, 6.07) is 8.85. The molecule has 1 aromatic carbocycles. The van der Waals surface area contributed by atoms with Crippen LogP contribution >= 0.6 is 34.2 Å². The van der Waals surface area contributed by atoms with Gasteiger partial charge < -0.3 is 4.90 Å². The van der Waals surface area contributed by atoms with Crippen LogP contribution in [-0.4, -0.2) is 48.4 Å².